The summed E-state index contributed by atoms with van der Waals surface area (Å²) in [4.78, 5) is 17.5. The maximum Gasteiger partial charge on any atom is 0.187 e. The lowest BCUT2D eigenvalue weighted by molar-refractivity contribution is 0.112. The lowest BCUT2D eigenvalue weighted by atomic mass is 10.5. The van der Waals surface area contributed by atoms with Crippen LogP contribution in [-0.4, -0.2) is 35.9 Å². The van der Waals surface area contributed by atoms with Crippen molar-refractivity contribution in [1.29, 1.82) is 0 Å². The first-order valence-electron chi connectivity index (χ1n) is 4.25. The number of thioether (sulfide) groups is 1. The van der Waals surface area contributed by atoms with Crippen LogP contribution < -0.4 is 4.90 Å². The van der Waals surface area contributed by atoms with Gasteiger partial charge in [-0.15, -0.1) is 0 Å². The van der Waals surface area contributed by atoms with E-state index in [1.807, 2.05) is 11.8 Å². The average molecular weight is 249 g/mol. The molecule has 14 heavy (non-hydrogen) atoms. The molecule has 1 saturated heterocycles. The fraction of sp³-hybridized carbons (Fsp3) is 0.500. The van der Waals surface area contributed by atoms with E-state index >= 15 is 0 Å². The van der Waals surface area contributed by atoms with E-state index in [4.69, 9.17) is 11.6 Å². The van der Waals surface area contributed by atoms with Crippen molar-refractivity contribution in [3.05, 3.63) is 10.0 Å². The quantitative estimate of drug-likeness (QED) is 0.751. The zero-order valence-electron chi connectivity index (χ0n) is 7.40. The molecule has 0 radical (unpaired) electrons. The minimum absolute atomic E-state index is 0.332. The van der Waals surface area contributed by atoms with E-state index in [9.17, 15) is 4.79 Å². The molecule has 1 aliphatic heterocycles. The molecule has 3 nitrogen and oxygen atoms in total. The van der Waals surface area contributed by atoms with Gasteiger partial charge in [-0.25, -0.2) is 4.98 Å². The predicted molar refractivity (Wildman–Crippen MR) is 62.0 cm³/mol. The highest BCUT2D eigenvalue weighted by Crippen LogP contribution is 2.29. The van der Waals surface area contributed by atoms with Crippen molar-refractivity contribution in [1.82, 2.24) is 4.98 Å². The van der Waals surface area contributed by atoms with Crippen LogP contribution in [0.15, 0.2) is 0 Å². The molecule has 2 rings (SSSR count). The van der Waals surface area contributed by atoms with Gasteiger partial charge in [-0.1, -0.05) is 22.9 Å². The van der Waals surface area contributed by atoms with Crippen LogP contribution in [0.25, 0.3) is 0 Å². The number of nitrogens with zero attached hydrogens (tertiary/aromatic N) is 2. The number of carbonyl (C=O) groups excluding carboxylic acids is 1. The molecular weight excluding hydrogens is 240 g/mol. The van der Waals surface area contributed by atoms with Crippen molar-refractivity contribution >= 4 is 46.1 Å². The highest BCUT2D eigenvalue weighted by molar-refractivity contribution is 7.99. The Bertz CT molecular complexity index is 336. The summed E-state index contributed by atoms with van der Waals surface area (Å²) in [6, 6.07) is 0. The molecule has 76 valence electrons. The Morgan fingerprint density at radius 3 is 2.71 bits per heavy atom. The Morgan fingerprint density at radius 1 is 1.43 bits per heavy atom. The number of rotatable bonds is 2. The molecule has 0 atom stereocenters. The first-order chi connectivity index (χ1) is 6.81. The summed E-state index contributed by atoms with van der Waals surface area (Å²) >= 11 is 9.11. The summed E-state index contributed by atoms with van der Waals surface area (Å²) in [7, 11) is 0. The van der Waals surface area contributed by atoms with Gasteiger partial charge in [-0.05, 0) is 0 Å². The molecular formula is C8H9ClN2OS2. The average Bonchev–Trinajstić information content (AvgIpc) is 2.61. The molecule has 0 N–H and O–H groups in total. The first kappa shape index (κ1) is 10.3. The van der Waals surface area contributed by atoms with Crippen LogP contribution in [0.5, 0.6) is 0 Å². The number of carbonyl (C=O) groups is 1. The normalized spacial score (nSPS) is 17.1. The zero-order valence-corrected chi connectivity index (χ0v) is 9.79. The van der Waals surface area contributed by atoms with Crippen LogP contribution in [0.1, 0.15) is 9.67 Å². The number of aromatic nitrogens is 1. The molecule has 0 aliphatic carbocycles. The lowest BCUT2D eigenvalue weighted by Crippen LogP contribution is -2.32. The van der Waals surface area contributed by atoms with E-state index in [0.29, 0.717) is 10.0 Å². The highest BCUT2D eigenvalue weighted by atomic mass is 35.5. The lowest BCUT2D eigenvalue weighted by Gasteiger charge is -2.25. The second-order valence-electron chi connectivity index (χ2n) is 2.87. The van der Waals surface area contributed by atoms with Gasteiger partial charge >= 0.3 is 0 Å². The van der Waals surface area contributed by atoms with Crippen molar-refractivity contribution in [2.24, 2.45) is 0 Å². The Morgan fingerprint density at radius 2 is 2.14 bits per heavy atom. The van der Waals surface area contributed by atoms with Crippen LogP contribution in [0.2, 0.25) is 5.15 Å². The number of thiazole rings is 1. The Balaban J connectivity index is 2.18. The van der Waals surface area contributed by atoms with E-state index in [-0.39, 0.29) is 0 Å². The maximum atomic E-state index is 10.6. The maximum absolute atomic E-state index is 10.6. The fourth-order valence-corrected chi connectivity index (χ4v) is 3.28. The summed E-state index contributed by atoms with van der Waals surface area (Å²) in [5, 5.41) is 1.20. The first-order valence-corrected chi connectivity index (χ1v) is 6.60. The minimum atomic E-state index is 0.332. The van der Waals surface area contributed by atoms with Crippen LogP contribution in [0.3, 0.4) is 0 Å². The molecule has 1 aromatic heterocycles. The summed E-state index contributed by atoms with van der Waals surface area (Å²) in [5.41, 5.74) is 0. The van der Waals surface area contributed by atoms with Crippen LogP contribution >= 0.6 is 34.7 Å². The van der Waals surface area contributed by atoms with Gasteiger partial charge < -0.3 is 4.90 Å². The molecule has 0 saturated carbocycles. The van der Waals surface area contributed by atoms with Crippen LogP contribution in [0, 0.1) is 0 Å². The van der Waals surface area contributed by atoms with E-state index in [0.717, 1.165) is 36.0 Å². The van der Waals surface area contributed by atoms with Crippen molar-refractivity contribution < 1.29 is 4.79 Å². The molecule has 0 aromatic carbocycles. The SMILES string of the molecule is O=Cc1sc(N2CCSCC2)nc1Cl. The number of hydrogen-bond acceptors (Lipinski definition) is 5. The molecule has 1 aliphatic rings. The standard InChI is InChI=1S/C8H9ClN2OS2/c9-7-6(5-12)14-8(10-7)11-1-3-13-4-2-11/h5H,1-4H2. The van der Waals surface area contributed by atoms with E-state index in [2.05, 4.69) is 9.88 Å². The third kappa shape index (κ3) is 2.04. The van der Waals surface area contributed by atoms with Gasteiger partial charge in [0.15, 0.2) is 16.6 Å². The van der Waals surface area contributed by atoms with Gasteiger partial charge in [0.25, 0.3) is 0 Å². The Labute approximate surface area is 95.5 Å². The second kappa shape index (κ2) is 4.51. The third-order valence-corrected chi connectivity index (χ3v) is 4.37. The van der Waals surface area contributed by atoms with Gasteiger partial charge in [0, 0.05) is 24.6 Å². The topological polar surface area (TPSA) is 33.2 Å². The van der Waals surface area contributed by atoms with Gasteiger partial charge in [0.05, 0.1) is 0 Å². The van der Waals surface area contributed by atoms with Crippen molar-refractivity contribution in [2.75, 3.05) is 29.5 Å². The van der Waals surface area contributed by atoms with Crippen LogP contribution in [0.4, 0.5) is 5.13 Å². The number of aldehydes is 1. The molecule has 6 heteroatoms. The molecule has 0 amide bonds. The Hall–Kier alpha value is -0.260. The van der Waals surface area contributed by atoms with Gasteiger partial charge in [-0.3, -0.25) is 4.79 Å². The monoisotopic (exact) mass is 248 g/mol. The highest BCUT2D eigenvalue weighted by Gasteiger charge is 2.16. The zero-order chi connectivity index (χ0) is 9.97. The predicted octanol–water partition coefficient (Wildman–Crippen LogP) is 2.16. The van der Waals surface area contributed by atoms with Gasteiger partial charge in [-0.2, -0.15) is 11.8 Å². The van der Waals surface area contributed by atoms with E-state index in [1.54, 1.807) is 0 Å². The van der Waals surface area contributed by atoms with Crippen molar-refractivity contribution in [3.8, 4) is 0 Å². The van der Waals surface area contributed by atoms with Crippen molar-refractivity contribution in [3.63, 3.8) is 0 Å². The Kier molecular flexibility index (Phi) is 3.30. The van der Waals surface area contributed by atoms with Gasteiger partial charge in [0.1, 0.15) is 4.88 Å². The molecule has 2 heterocycles. The number of halogens is 1. The van der Waals surface area contributed by atoms with Crippen molar-refractivity contribution in [2.45, 2.75) is 0 Å². The molecule has 0 bridgehead atoms. The third-order valence-electron chi connectivity index (χ3n) is 1.99. The molecule has 0 unspecified atom stereocenters. The second-order valence-corrected chi connectivity index (χ2v) is 5.46. The fourth-order valence-electron chi connectivity index (χ4n) is 1.26. The van der Waals surface area contributed by atoms with E-state index in [1.165, 1.54) is 11.3 Å². The molecule has 1 aromatic rings. The summed E-state index contributed by atoms with van der Waals surface area (Å²) in [6.45, 7) is 1.99. The van der Waals surface area contributed by atoms with Gasteiger partial charge in [0.2, 0.25) is 0 Å². The summed E-state index contributed by atoms with van der Waals surface area (Å²) in [5.74, 6) is 2.24. The largest absolute Gasteiger partial charge is 0.346 e. The summed E-state index contributed by atoms with van der Waals surface area (Å²) in [6.07, 6.45) is 0.766. The number of hydrogen-bond donors (Lipinski definition) is 0. The number of anilines is 1. The molecule has 1 fully saturated rings. The van der Waals surface area contributed by atoms with Crippen LogP contribution in [-0.2, 0) is 0 Å². The molecule has 0 spiro atoms. The summed E-state index contributed by atoms with van der Waals surface area (Å²) < 4.78 is 0. The van der Waals surface area contributed by atoms with E-state index < -0.39 is 0 Å². The minimum Gasteiger partial charge on any atom is -0.346 e. The smallest absolute Gasteiger partial charge is 0.187 e.